The van der Waals surface area contributed by atoms with Gasteiger partial charge in [0.2, 0.25) is 5.67 Å². The molecule has 48 heavy (non-hydrogen) atoms. The Balaban J connectivity index is 1.20. The van der Waals surface area contributed by atoms with Crippen LogP contribution in [0.5, 0.6) is 5.75 Å². The van der Waals surface area contributed by atoms with E-state index in [-0.39, 0.29) is 24.3 Å². The van der Waals surface area contributed by atoms with Crippen LogP contribution < -0.4 is 9.64 Å². The zero-order valence-electron chi connectivity index (χ0n) is 27.5. The summed E-state index contributed by atoms with van der Waals surface area (Å²) in [5.41, 5.74) is 0.124. The zero-order chi connectivity index (χ0) is 34.0. The second-order valence-corrected chi connectivity index (χ2v) is 13.9. The Morgan fingerprint density at radius 2 is 1.62 bits per heavy atom. The number of halogens is 4. The number of hydrogen-bond donors (Lipinski definition) is 1. The number of nitrogens with zero attached hydrogens (tertiary/aromatic N) is 4. The van der Waals surface area contributed by atoms with E-state index in [0.717, 1.165) is 5.56 Å². The first-order valence-corrected chi connectivity index (χ1v) is 17.1. The highest BCUT2D eigenvalue weighted by molar-refractivity contribution is 5.88. The van der Waals surface area contributed by atoms with Crippen LogP contribution in [0.2, 0.25) is 0 Å². The van der Waals surface area contributed by atoms with Crippen molar-refractivity contribution in [2.24, 2.45) is 5.92 Å². The van der Waals surface area contributed by atoms with Gasteiger partial charge in [-0.1, -0.05) is 18.2 Å². The third-order valence-electron chi connectivity index (χ3n) is 11.3. The Labute approximate surface area is 279 Å². The van der Waals surface area contributed by atoms with Crippen LogP contribution in [0.25, 0.3) is 0 Å². The molecule has 0 radical (unpaired) electrons. The van der Waals surface area contributed by atoms with Gasteiger partial charge in [-0.2, -0.15) is 0 Å². The summed E-state index contributed by atoms with van der Waals surface area (Å²) in [5, 5.41) is 9.43. The smallest absolute Gasteiger partial charge is 0.306 e. The molecule has 0 unspecified atom stereocenters. The van der Waals surface area contributed by atoms with Crippen LogP contribution in [0, 0.1) is 11.7 Å². The molecule has 4 aliphatic rings. The quantitative estimate of drug-likeness (QED) is 0.355. The average molecular weight is 675 g/mol. The summed E-state index contributed by atoms with van der Waals surface area (Å²) < 4.78 is 64.1. The third-order valence-corrected chi connectivity index (χ3v) is 11.3. The van der Waals surface area contributed by atoms with Crippen molar-refractivity contribution in [3.63, 3.8) is 0 Å². The van der Waals surface area contributed by atoms with E-state index in [1.54, 1.807) is 30.2 Å². The lowest BCUT2D eigenvalue weighted by molar-refractivity contribution is -0.143. The molecule has 3 atom stereocenters. The standard InChI is InChI=1S/C36H46F4N4O4/c1-48-30-5-2-24(3-6-30)32-22-44(28-11-16-41(17-12-28)29(19-37)20-38)23-36(32,40)35(47)43-15-10-26(21-43)31-7-4-27(39)18-33(31)42-13-8-25(9-14-42)34(45)46/h2-7,18,25-26,28-29,32H,8-17,19-23H2,1H3,(H,45,46)/t26-,32+,36+/m1/s1. The molecule has 0 saturated carbocycles. The Bertz CT molecular complexity index is 1430. The van der Waals surface area contributed by atoms with Crippen LogP contribution in [0.1, 0.15) is 55.1 Å². The topological polar surface area (TPSA) is 76.6 Å². The van der Waals surface area contributed by atoms with E-state index in [1.165, 1.54) is 12.1 Å². The second-order valence-electron chi connectivity index (χ2n) is 13.9. The molecule has 1 amide bonds. The van der Waals surface area contributed by atoms with Crippen molar-refractivity contribution < 1.29 is 37.0 Å². The number of carboxylic acids is 1. The van der Waals surface area contributed by atoms with Gasteiger partial charge in [-0.3, -0.25) is 19.4 Å². The maximum Gasteiger partial charge on any atom is 0.306 e. The fourth-order valence-corrected chi connectivity index (χ4v) is 8.37. The van der Waals surface area contributed by atoms with Gasteiger partial charge >= 0.3 is 5.97 Å². The summed E-state index contributed by atoms with van der Waals surface area (Å²) in [6.45, 7) is 1.49. The van der Waals surface area contributed by atoms with Crippen molar-refractivity contribution in [3.8, 4) is 5.75 Å². The molecule has 2 aromatic carbocycles. The number of amides is 1. The number of benzene rings is 2. The number of carbonyl (C=O) groups is 2. The molecule has 2 aromatic rings. The monoisotopic (exact) mass is 674 g/mol. The van der Waals surface area contributed by atoms with E-state index < -0.39 is 48.8 Å². The van der Waals surface area contributed by atoms with Gasteiger partial charge in [-0.15, -0.1) is 0 Å². The number of hydrogen-bond acceptors (Lipinski definition) is 6. The molecule has 4 heterocycles. The lowest BCUT2D eigenvalue weighted by Crippen LogP contribution is -2.52. The largest absolute Gasteiger partial charge is 0.497 e. The van der Waals surface area contributed by atoms with Crippen molar-refractivity contribution in [3.05, 3.63) is 59.4 Å². The number of aliphatic carboxylic acids is 1. The molecule has 12 heteroatoms. The lowest BCUT2D eigenvalue weighted by Gasteiger charge is -2.39. The SMILES string of the molecule is COc1ccc([C@@H]2CN(C3CCN(C(CF)CF)CC3)C[C@@]2(F)C(=O)N2CC[C@@H](c3ccc(F)cc3N3CCC(C(=O)O)CC3)C2)cc1. The normalized spacial score (nSPS) is 26.5. The van der Waals surface area contributed by atoms with E-state index in [1.807, 2.05) is 21.9 Å². The number of carboxylic acid groups (broad SMARTS) is 1. The minimum atomic E-state index is -2.19. The van der Waals surface area contributed by atoms with Gasteiger partial charge in [0.1, 0.15) is 24.9 Å². The summed E-state index contributed by atoms with van der Waals surface area (Å²) in [6.07, 6.45) is 2.82. The van der Waals surface area contributed by atoms with Gasteiger partial charge in [0, 0.05) is 75.9 Å². The first kappa shape index (κ1) is 34.5. The summed E-state index contributed by atoms with van der Waals surface area (Å²) in [7, 11) is 1.56. The van der Waals surface area contributed by atoms with Crippen molar-refractivity contribution in [2.75, 3.05) is 77.7 Å². The lowest BCUT2D eigenvalue weighted by atomic mass is 9.85. The number of alkyl halides is 3. The average Bonchev–Trinajstić information content (AvgIpc) is 3.75. The van der Waals surface area contributed by atoms with E-state index in [4.69, 9.17) is 4.74 Å². The highest BCUT2D eigenvalue weighted by Crippen LogP contribution is 2.45. The van der Waals surface area contributed by atoms with Crippen LogP contribution in [-0.4, -0.2) is 122 Å². The summed E-state index contributed by atoms with van der Waals surface area (Å²) in [6, 6.07) is 11.1. The fourth-order valence-electron chi connectivity index (χ4n) is 8.37. The molecular weight excluding hydrogens is 628 g/mol. The first-order chi connectivity index (χ1) is 23.1. The maximum atomic E-state index is 17.6. The predicted octanol–water partition coefficient (Wildman–Crippen LogP) is 5.03. The highest BCUT2D eigenvalue weighted by Gasteiger charge is 2.57. The van der Waals surface area contributed by atoms with Gasteiger partial charge in [-0.05, 0) is 67.5 Å². The Kier molecular flexibility index (Phi) is 10.5. The number of carbonyl (C=O) groups excluding carboxylic acids is 1. The van der Waals surface area contributed by atoms with Gasteiger partial charge in [-0.25, -0.2) is 17.6 Å². The number of rotatable bonds is 10. The second kappa shape index (κ2) is 14.6. The molecular formula is C36H46F4N4O4. The molecule has 1 N–H and O–H groups in total. The van der Waals surface area contributed by atoms with Crippen LogP contribution in [-0.2, 0) is 9.59 Å². The van der Waals surface area contributed by atoms with Crippen molar-refractivity contribution in [2.45, 2.75) is 61.7 Å². The molecule has 6 rings (SSSR count). The molecule has 0 aliphatic carbocycles. The number of methoxy groups -OCH3 is 1. The molecule has 0 bridgehead atoms. The molecule has 4 fully saturated rings. The van der Waals surface area contributed by atoms with Crippen LogP contribution >= 0.6 is 0 Å². The minimum absolute atomic E-state index is 0.00865. The van der Waals surface area contributed by atoms with Crippen LogP contribution in [0.4, 0.5) is 23.2 Å². The maximum absolute atomic E-state index is 17.6. The van der Waals surface area contributed by atoms with E-state index in [9.17, 15) is 27.9 Å². The Morgan fingerprint density at radius 3 is 2.25 bits per heavy atom. The summed E-state index contributed by atoms with van der Waals surface area (Å²) >= 11 is 0. The molecule has 262 valence electrons. The minimum Gasteiger partial charge on any atom is -0.497 e. The molecule has 0 aromatic heterocycles. The van der Waals surface area contributed by atoms with Gasteiger partial charge in [0.05, 0.1) is 19.1 Å². The van der Waals surface area contributed by atoms with Crippen LogP contribution in [0.3, 0.4) is 0 Å². The van der Waals surface area contributed by atoms with Gasteiger partial charge in [0.25, 0.3) is 5.91 Å². The Morgan fingerprint density at radius 1 is 0.938 bits per heavy atom. The number of likely N-dealkylation sites (tertiary alicyclic amines) is 3. The van der Waals surface area contributed by atoms with E-state index >= 15 is 4.39 Å². The molecule has 8 nitrogen and oxygen atoms in total. The van der Waals surface area contributed by atoms with Crippen molar-refractivity contribution >= 4 is 17.6 Å². The van der Waals surface area contributed by atoms with Crippen molar-refractivity contribution in [1.82, 2.24) is 14.7 Å². The first-order valence-electron chi connectivity index (χ1n) is 17.1. The van der Waals surface area contributed by atoms with Crippen molar-refractivity contribution in [1.29, 1.82) is 0 Å². The number of ether oxygens (including phenoxy) is 1. The summed E-state index contributed by atoms with van der Waals surface area (Å²) in [4.78, 5) is 33.3. The molecule has 4 aliphatic heterocycles. The van der Waals surface area contributed by atoms with Gasteiger partial charge < -0.3 is 19.6 Å². The zero-order valence-corrected chi connectivity index (χ0v) is 27.5. The van der Waals surface area contributed by atoms with E-state index in [2.05, 4.69) is 4.90 Å². The number of piperidine rings is 2. The Hall–Kier alpha value is -3.38. The van der Waals surface area contributed by atoms with Crippen LogP contribution in [0.15, 0.2) is 42.5 Å². The summed E-state index contributed by atoms with van der Waals surface area (Å²) in [5.74, 6) is -2.36. The fraction of sp³-hybridized carbons (Fsp3) is 0.611. The third kappa shape index (κ3) is 6.88. The highest BCUT2D eigenvalue weighted by atomic mass is 19.1. The number of anilines is 1. The molecule has 4 saturated heterocycles. The molecule has 0 spiro atoms. The van der Waals surface area contributed by atoms with E-state index in [0.29, 0.717) is 94.9 Å². The predicted molar refractivity (Wildman–Crippen MR) is 174 cm³/mol. The van der Waals surface area contributed by atoms with Gasteiger partial charge in [0.15, 0.2) is 0 Å².